The Morgan fingerprint density at radius 3 is 1.86 bits per heavy atom. The first-order valence-corrected chi connectivity index (χ1v) is 11.5. The van der Waals surface area contributed by atoms with Crippen LogP contribution < -0.4 is 5.63 Å². The fourth-order valence-corrected chi connectivity index (χ4v) is 3.71. The standard InChI is InChI=1S/C21H31NO3.C4H6O6/c1-7-16-9-17-15(6)8-19(23)25-21(17)18(20(16)24)12-22(10-13(2)3)11-14(4)5;5-1(3(7)8)2(6)4(9)10/h8-9,13-14,24H,7,10-12H2,1-6H3;1-2,5-6H,(H,7,8)(H,9,10). The lowest BCUT2D eigenvalue weighted by atomic mass is 9.99. The summed E-state index contributed by atoms with van der Waals surface area (Å²) in [7, 11) is 0. The molecular weight excluding hydrogens is 458 g/mol. The van der Waals surface area contributed by atoms with Crippen LogP contribution in [0.5, 0.6) is 5.75 Å². The number of rotatable bonds is 10. The van der Waals surface area contributed by atoms with Gasteiger partial charge in [-0.15, -0.1) is 0 Å². The molecule has 0 saturated heterocycles. The number of carboxylic acid groups (broad SMARTS) is 2. The monoisotopic (exact) mass is 495 g/mol. The molecule has 10 nitrogen and oxygen atoms in total. The molecule has 1 aromatic carbocycles. The van der Waals surface area contributed by atoms with Crippen LogP contribution in [0, 0.1) is 18.8 Å². The predicted molar refractivity (Wildman–Crippen MR) is 131 cm³/mol. The summed E-state index contributed by atoms with van der Waals surface area (Å²) in [5.41, 5.74) is 2.68. The SMILES string of the molecule is CCc1cc2c(C)cc(=O)oc2c(CN(CC(C)C)CC(C)C)c1O.O=C(O)C(O)C(O)C(=O)O. The average Bonchev–Trinajstić information content (AvgIpc) is 2.74. The van der Waals surface area contributed by atoms with Crippen molar-refractivity contribution >= 4 is 22.9 Å². The fourth-order valence-electron chi connectivity index (χ4n) is 3.71. The predicted octanol–water partition coefficient (Wildman–Crippen LogP) is 2.36. The van der Waals surface area contributed by atoms with Crippen LogP contribution in [-0.2, 0) is 22.6 Å². The molecule has 0 aliphatic carbocycles. The van der Waals surface area contributed by atoms with Crippen LogP contribution in [-0.4, -0.2) is 67.7 Å². The van der Waals surface area contributed by atoms with Crippen molar-refractivity contribution in [1.29, 1.82) is 0 Å². The Hall–Kier alpha value is -2.95. The summed E-state index contributed by atoms with van der Waals surface area (Å²) in [6.45, 7) is 15.2. The Bertz CT molecular complexity index is 1050. The van der Waals surface area contributed by atoms with E-state index in [1.807, 2.05) is 19.9 Å². The number of carboxylic acids is 2. The molecule has 0 saturated carbocycles. The van der Waals surface area contributed by atoms with Crippen molar-refractivity contribution in [2.75, 3.05) is 13.1 Å². The number of benzene rings is 1. The molecule has 10 heteroatoms. The molecule has 0 bridgehead atoms. The molecule has 2 aromatic rings. The number of aliphatic hydroxyl groups excluding tert-OH is 2. The van der Waals surface area contributed by atoms with Crippen LogP contribution in [0.1, 0.15) is 51.3 Å². The van der Waals surface area contributed by atoms with Crippen molar-refractivity contribution in [2.24, 2.45) is 11.8 Å². The number of carbonyl (C=O) groups is 2. The van der Waals surface area contributed by atoms with Gasteiger partial charge < -0.3 is 29.9 Å². The first-order valence-electron chi connectivity index (χ1n) is 11.5. The molecule has 1 aromatic heterocycles. The Balaban J connectivity index is 0.000000518. The second-order valence-electron chi connectivity index (χ2n) is 9.39. The van der Waals surface area contributed by atoms with E-state index in [2.05, 4.69) is 32.6 Å². The van der Waals surface area contributed by atoms with Gasteiger partial charge in [-0.3, -0.25) is 4.90 Å². The van der Waals surface area contributed by atoms with Gasteiger partial charge in [-0.1, -0.05) is 34.6 Å². The number of aliphatic carboxylic acids is 2. The van der Waals surface area contributed by atoms with Gasteiger partial charge in [-0.2, -0.15) is 0 Å². The highest BCUT2D eigenvalue weighted by Gasteiger charge is 2.29. The number of aliphatic hydroxyl groups is 2. The third-order valence-corrected chi connectivity index (χ3v) is 5.20. The lowest BCUT2D eigenvalue weighted by Crippen LogP contribution is -2.39. The van der Waals surface area contributed by atoms with Crippen molar-refractivity contribution in [3.8, 4) is 5.75 Å². The number of nitrogens with zero attached hydrogens (tertiary/aromatic N) is 1. The molecule has 2 rings (SSSR count). The smallest absolute Gasteiger partial charge is 0.336 e. The van der Waals surface area contributed by atoms with Gasteiger partial charge in [0.1, 0.15) is 11.3 Å². The van der Waals surface area contributed by atoms with E-state index >= 15 is 0 Å². The molecule has 2 unspecified atom stereocenters. The number of fused-ring (bicyclic) bond motifs is 1. The molecule has 0 amide bonds. The molecule has 1 heterocycles. The maximum Gasteiger partial charge on any atom is 0.336 e. The number of phenolic OH excluding ortho intramolecular Hbond substituents is 1. The summed E-state index contributed by atoms with van der Waals surface area (Å²) in [6.07, 6.45) is -3.79. The zero-order chi connectivity index (χ0) is 27.0. The fraction of sp³-hybridized carbons (Fsp3) is 0.560. The van der Waals surface area contributed by atoms with E-state index in [1.165, 1.54) is 6.07 Å². The van der Waals surface area contributed by atoms with E-state index in [4.69, 9.17) is 24.8 Å². The van der Waals surface area contributed by atoms with E-state index in [1.54, 1.807) is 0 Å². The molecule has 0 aliphatic rings. The van der Waals surface area contributed by atoms with E-state index in [9.17, 15) is 19.5 Å². The van der Waals surface area contributed by atoms with Crippen molar-refractivity contribution in [1.82, 2.24) is 4.90 Å². The van der Waals surface area contributed by atoms with Crippen molar-refractivity contribution in [3.63, 3.8) is 0 Å². The molecule has 0 aliphatic heterocycles. The Morgan fingerprint density at radius 2 is 1.46 bits per heavy atom. The Kier molecular flexibility index (Phi) is 11.4. The highest BCUT2D eigenvalue weighted by molar-refractivity contribution is 5.86. The van der Waals surface area contributed by atoms with E-state index in [-0.39, 0.29) is 11.4 Å². The molecule has 5 N–H and O–H groups in total. The lowest BCUT2D eigenvalue weighted by Gasteiger charge is -2.27. The largest absolute Gasteiger partial charge is 0.507 e. The first-order chi connectivity index (χ1) is 16.2. The van der Waals surface area contributed by atoms with Crippen LogP contribution in [0.25, 0.3) is 11.0 Å². The highest BCUT2D eigenvalue weighted by Crippen LogP contribution is 2.33. The average molecular weight is 496 g/mol. The van der Waals surface area contributed by atoms with Gasteiger partial charge in [-0.25, -0.2) is 14.4 Å². The van der Waals surface area contributed by atoms with Crippen LogP contribution in [0.2, 0.25) is 0 Å². The number of hydrogen-bond donors (Lipinski definition) is 5. The zero-order valence-electron chi connectivity index (χ0n) is 21.1. The molecular formula is C25H37NO9. The van der Waals surface area contributed by atoms with Gasteiger partial charge in [0, 0.05) is 31.1 Å². The summed E-state index contributed by atoms with van der Waals surface area (Å²) in [5, 5.41) is 44.2. The van der Waals surface area contributed by atoms with Gasteiger partial charge in [-0.05, 0) is 42.4 Å². The number of aromatic hydroxyl groups is 1. The van der Waals surface area contributed by atoms with Gasteiger partial charge in [0.25, 0.3) is 0 Å². The van der Waals surface area contributed by atoms with Crippen LogP contribution in [0.15, 0.2) is 21.3 Å². The number of phenols is 1. The minimum atomic E-state index is -2.27. The van der Waals surface area contributed by atoms with Crippen LogP contribution in [0.3, 0.4) is 0 Å². The molecule has 2 atom stereocenters. The maximum absolute atomic E-state index is 11.9. The number of hydrogen-bond acceptors (Lipinski definition) is 8. The van der Waals surface area contributed by atoms with Gasteiger partial charge in [0.2, 0.25) is 0 Å². The van der Waals surface area contributed by atoms with Gasteiger partial charge in [0.15, 0.2) is 12.2 Å². The molecule has 0 fully saturated rings. The van der Waals surface area contributed by atoms with Crippen molar-refractivity contribution < 1.29 is 39.5 Å². The topological polar surface area (TPSA) is 169 Å². The maximum atomic E-state index is 11.9. The van der Waals surface area contributed by atoms with E-state index in [0.29, 0.717) is 24.0 Å². The second kappa shape index (κ2) is 13.2. The summed E-state index contributed by atoms with van der Waals surface area (Å²) >= 11 is 0. The zero-order valence-corrected chi connectivity index (χ0v) is 21.1. The molecule has 0 radical (unpaired) electrons. The van der Waals surface area contributed by atoms with Crippen LogP contribution in [0.4, 0.5) is 0 Å². The van der Waals surface area contributed by atoms with Gasteiger partial charge in [0.05, 0.1) is 5.56 Å². The lowest BCUT2D eigenvalue weighted by molar-refractivity contribution is -0.165. The van der Waals surface area contributed by atoms with E-state index < -0.39 is 24.1 Å². The van der Waals surface area contributed by atoms with Gasteiger partial charge >= 0.3 is 17.6 Å². The van der Waals surface area contributed by atoms with Crippen LogP contribution >= 0.6 is 0 Å². The third kappa shape index (κ3) is 8.65. The minimum absolute atomic E-state index is 0.265. The normalized spacial score (nSPS) is 13.1. The summed E-state index contributed by atoms with van der Waals surface area (Å²) in [5.74, 6) is -2.23. The van der Waals surface area contributed by atoms with E-state index in [0.717, 1.165) is 41.6 Å². The number of aryl methyl sites for hydroxylation is 2. The molecule has 35 heavy (non-hydrogen) atoms. The molecule has 196 valence electrons. The second-order valence-corrected chi connectivity index (χ2v) is 9.39. The Morgan fingerprint density at radius 1 is 0.971 bits per heavy atom. The molecule has 0 spiro atoms. The highest BCUT2D eigenvalue weighted by atomic mass is 16.4. The summed E-state index contributed by atoms with van der Waals surface area (Å²) < 4.78 is 5.52. The quantitative estimate of drug-likeness (QED) is 0.308. The minimum Gasteiger partial charge on any atom is -0.507 e. The van der Waals surface area contributed by atoms with Crippen molar-refractivity contribution in [3.05, 3.63) is 39.2 Å². The first kappa shape index (κ1) is 30.1. The summed E-state index contributed by atoms with van der Waals surface area (Å²) in [4.78, 5) is 33.8. The summed E-state index contributed by atoms with van der Waals surface area (Å²) in [6, 6.07) is 3.46. The Labute approximate surface area is 204 Å². The van der Waals surface area contributed by atoms with Crippen molar-refractivity contribution in [2.45, 2.75) is 66.7 Å². The third-order valence-electron chi connectivity index (χ3n) is 5.20.